The number of nitrogens with two attached hydrogens (primary N) is 1. The molecule has 0 aliphatic rings. The van der Waals surface area contributed by atoms with Crippen LogP contribution in [0, 0.1) is 0 Å². The SMILES string of the molecule is COc1cc(C=NNC(=O)c2nnn(-c3nonc3N)c2C[NH+](C)C)cc(OC)c1O. The van der Waals surface area contributed by atoms with Gasteiger partial charge in [0, 0.05) is 5.56 Å². The van der Waals surface area contributed by atoms with Crippen LogP contribution in [0.2, 0.25) is 0 Å². The average molecular weight is 432 g/mol. The quantitative estimate of drug-likeness (QED) is 0.238. The van der Waals surface area contributed by atoms with Crippen molar-refractivity contribution in [2.75, 3.05) is 34.0 Å². The van der Waals surface area contributed by atoms with Gasteiger partial charge >= 0.3 is 0 Å². The molecule has 2 aromatic heterocycles. The molecular formula is C17H22N9O5+. The number of nitrogens with zero attached hydrogens (tertiary/aromatic N) is 6. The number of methoxy groups -OCH3 is 2. The number of ether oxygens (including phenoxy) is 2. The van der Waals surface area contributed by atoms with E-state index >= 15 is 0 Å². The monoisotopic (exact) mass is 432 g/mol. The maximum absolute atomic E-state index is 12.7. The molecule has 3 rings (SSSR count). The van der Waals surface area contributed by atoms with Crippen molar-refractivity contribution in [1.82, 2.24) is 30.7 Å². The fourth-order valence-corrected chi connectivity index (χ4v) is 2.69. The predicted octanol–water partition coefficient (Wildman–Crippen LogP) is -1.64. The number of benzene rings is 1. The predicted molar refractivity (Wildman–Crippen MR) is 106 cm³/mol. The Morgan fingerprint density at radius 1 is 1.32 bits per heavy atom. The second-order valence-electron chi connectivity index (χ2n) is 6.63. The van der Waals surface area contributed by atoms with Crippen LogP contribution in [0.5, 0.6) is 17.2 Å². The molecule has 0 radical (unpaired) electrons. The van der Waals surface area contributed by atoms with Gasteiger partial charge in [-0.25, -0.2) is 10.1 Å². The lowest BCUT2D eigenvalue weighted by atomic mass is 10.2. The minimum atomic E-state index is -0.591. The number of phenols is 1. The van der Waals surface area contributed by atoms with Crippen molar-refractivity contribution in [2.45, 2.75) is 6.54 Å². The number of rotatable bonds is 8. The smallest absolute Gasteiger partial charge is 0.294 e. The summed E-state index contributed by atoms with van der Waals surface area (Å²) in [6, 6.07) is 3.07. The van der Waals surface area contributed by atoms with Gasteiger partial charge in [0.25, 0.3) is 5.91 Å². The molecular weight excluding hydrogens is 410 g/mol. The van der Waals surface area contributed by atoms with Crippen molar-refractivity contribution in [2.24, 2.45) is 5.10 Å². The number of phenolic OH excluding ortho intramolecular Hbond substituents is 1. The number of quaternary nitrogens is 1. The molecule has 5 N–H and O–H groups in total. The van der Waals surface area contributed by atoms with Crippen molar-refractivity contribution in [1.29, 1.82) is 0 Å². The number of nitrogen functional groups attached to an aromatic ring is 1. The van der Waals surface area contributed by atoms with E-state index in [1.165, 1.54) is 37.2 Å². The molecule has 14 heteroatoms. The van der Waals surface area contributed by atoms with Gasteiger partial charge in [0.1, 0.15) is 12.2 Å². The Morgan fingerprint density at radius 2 is 2.00 bits per heavy atom. The first-order chi connectivity index (χ1) is 14.8. The Kier molecular flexibility index (Phi) is 6.30. The molecule has 2 heterocycles. The molecule has 31 heavy (non-hydrogen) atoms. The number of amides is 1. The summed E-state index contributed by atoms with van der Waals surface area (Å²) in [7, 11) is 6.61. The van der Waals surface area contributed by atoms with E-state index in [2.05, 4.69) is 35.8 Å². The van der Waals surface area contributed by atoms with E-state index < -0.39 is 5.91 Å². The Morgan fingerprint density at radius 3 is 2.55 bits per heavy atom. The number of anilines is 1. The highest BCUT2D eigenvalue weighted by molar-refractivity contribution is 5.94. The van der Waals surface area contributed by atoms with Crippen LogP contribution < -0.4 is 25.5 Å². The summed E-state index contributed by atoms with van der Waals surface area (Å²) in [5.74, 6) is -0.184. The molecule has 164 valence electrons. The summed E-state index contributed by atoms with van der Waals surface area (Å²) in [5.41, 5.74) is 9.14. The largest absolute Gasteiger partial charge is 0.502 e. The Hall–Kier alpha value is -4.20. The molecule has 0 spiro atoms. The summed E-state index contributed by atoms with van der Waals surface area (Å²) in [6.45, 7) is 0.387. The van der Waals surface area contributed by atoms with Crippen LogP contribution in [0.3, 0.4) is 0 Å². The normalized spacial score (nSPS) is 11.3. The topological polar surface area (TPSA) is 180 Å². The highest BCUT2D eigenvalue weighted by Gasteiger charge is 2.25. The number of hydrazone groups is 1. The van der Waals surface area contributed by atoms with Gasteiger partial charge in [-0.3, -0.25) is 4.79 Å². The van der Waals surface area contributed by atoms with Gasteiger partial charge < -0.3 is 25.2 Å². The van der Waals surface area contributed by atoms with E-state index in [1.807, 2.05) is 14.1 Å². The van der Waals surface area contributed by atoms with E-state index in [4.69, 9.17) is 15.2 Å². The fraction of sp³-hybridized carbons (Fsp3) is 0.294. The number of carbonyl (C=O) groups is 1. The maximum Gasteiger partial charge on any atom is 0.294 e. The van der Waals surface area contributed by atoms with Gasteiger partial charge in [0.15, 0.2) is 17.2 Å². The Balaban J connectivity index is 1.84. The lowest BCUT2D eigenvalue weighted by molar-refractivity contribution is -0.873. The third kappa shape index (κ3) is 4.53. The first-order valence-electron chi connectivity index (χ1n) is 8.96. The molecule has 14 nitrogen and oxygen atoms in total. The molecule has 0 saturated carbocycles. The van der Waals surface area contributed by atoms with Gasteiger partial charge in [-0.15, -0.1) is 5.10 Å². The summed E-state index contributed by atoms with van der Waals surface area (Å²) >= 11 is 0. The molecule has 0 bridgehead atoms. The lowest BCUT2D eigenvalue weighted by Crippen LogP contribution is -3.04. The van der Waals surface area contributed by atoms with E-state index in [9.17, 15) is 9.90 Å². The van der Waals surface area contributed by atoms with Crippen LogP contribution in [-0.4, -0.2) is 70.9 Å². The van der Waals surface area contributed by atoms with Crippen LogP contribution in [0.4, 0.5) is 5.82 Å². The van der Waals surface area contributed by atoms with E-state index in [0.29, 0.717) is 17.8 Å². The summed E-state index contributed by atoms with van der Waals surface area (Å²) in [6.07, 6.45) is 1.36. The number of carbonyl (C=O) groups excluding carboxylic acids is 1. The molecule has 1 amide bonds. The molecule has 0 fully saturated rings. The van der Waals surface area contributed by atoms with E-state index in [1.54, 1.807) is 0 Å². The number of aromatic hydroxyl groups is 1. The number of aromatic nitrogens is 5. The van der Waals surface area contributed by atoms with Gasteiger partial charge in [-0.2, -0.15) is 9.78 Å². The highest BCUT2D eigenvalue weighted by atomic mass is 16.6. The first kappa shape index (κ1) is 21.5. The molecule has 0 aliphatic heterocycles. The summed E-state index contributed by atoms with van der Waals surface area (Å²) < 4.78 is 16.1. The Bertz CT molecular complexity index is 1080. The van der Waals surface area contributed by atoms with Gasteiger partial charge in [-0.1, -0.05) is 5.21 Å². The molecule has 0 unspecified atom stereocenters. The summed E-state index contributed by atoms with van der Waals surface area (Å²) in [5, 5.41) is 29.0. The van der Waals surface area contributed by atoms with Gasteiger partial charge in [0.05, 0.1) is 34.5 Å². The van der Waals surface area contributed by atoms with Crippen molar-refractivity contribution >= 4 is 17.9 Å². The molecule has 0 aliphatic carbocycles. The number of nitrogens with one attached hydrogen (secondary N) is 2. The lowest BCUT2D eigenvalue weighted by Gasteiger charge is -2.09. The third-order valence-electron chi connectivity index (χ3n) is 4.08. The molecule has 3 aromatic rings. The van der Waals surface area contributed by atoms with E-state index in [-0.39, 0.29) is 34.6 Å². The summed E-state index contributed by atoms with van der Waals surface area (Å²) in [4.78, 5) is 13.7. The number of hydrogen-bond acceptors (Lipinski definition) is 11. The number of hydrogen-bond donors (Lipinski definition) is 4. The van der Waals surface area contributed by atoms with Crippen LogP contribution in [0.1, 0.15) is 21.7 Å². The second kappa shape index (κ2) is 9.08. The van der Waals surface area contributed by atoms with Crippen LogP contribution in [0.25, 0.3) is 5.82 Å². The Labute approximate surface area is 176 Å². The molecule has 1 aromatic carbocycles. The highest BCUT2D eigenvalue weighted by Crippen LogP contribution is 2.36. The van der Waals surface area contributed by atoms with Crippen LogP contribution in [0.15, 0.2) is 21.9 Å². The van der Waals surface area contributed by atoms with Crippen LogP contribution >= 0.6 is 0 Å². The fourth-order valence-electron chi connectivity index (χ4n) is 2.69. The van der Waals surface area contributed by atoms with Crippen molar-refractivity contribution in [3.63, 3.8) is 0 Å². The minimum absolute atomic E-state index is 0.0140. The minimum Gasteiger partial charge on any atom is -0.502 e. The van der Waals surface area contributed by atoms with Gasteiger partial charge in [-0.05, 0) is 22.4 Å². The van der Waals surface area contributed by atoms with Crippen molar-refractivity contribution < 1.29 is 28.9 Å². The maximum atomic E-state index is 12.7. The average Bonchev–Trinajstić information content (AvgIpc) is 3.34. The third-order valence-corrected chi connectivity index (χ3v) is 4.08. The first-order valence-corrected chi connectivity index (χ1v) is 8.96. The van der Waals surface area contributed by atoms with E-state index in [0.717, 1.165) is 4.90 Å². The van der Waals surface area contributed by atoms with Crippen molar-refractivity contribution in [3.8, 4) is 23.1 Å². The standard InChI is InChI=1S/C17H21N9O5/c1-25(2)8-10-13(20-24-26(10)16-15(18)22-31-23-16)17(28)21-19-7-9-5-11(29-3)14(27)12(6-9)30-4/h5-7,27H,8H2,1-4H3,(H2,18,22)(H,21,28)/p+1. The zero-order valence-electron chi connectivity index (χ0n) is 17.3. The zero-order chi connectivity index (χ0) is 22.5. The second-order valence-corrected chi connectivity index (χ2v) is 6.63. The van der Waals surface area contributed by atoms with Crippen LogP contribution in [-0.2, 0) is 6.54 Å². The molecule has 0 saturated heterocycles. The van der Waals surface area contributed by atoms with Gasteiger partial charge in [0.2, 0.25) is 17.4 Å². The zero-order valence-corrected chi connectivity index (χ0v) is 17.3. The van der Waals surface area contributed by atoms with Crippen molar-refractivity contribution in [3.05, 3.63) is 29.1 Å². The molecule has 0 atom stereocenters.